The Morgan fingerprint density at radius 1 is 1.00 bits per heavy atom. The van der Waals surface area contributed by atoms with Gasteiger partial charge in [0.25, 0.3) is 0 Å². The highest BCUT2D eigenvalue weighted by Gasteiger charge is 2.22. The van der Waals surface area contributed by atoms with Crippen LogP contribution in [0.15, 0.2) is 59.8 Å². The Morgan fingerprint density at radius 2 is 1.86 bits per heavy atom. The Morgan fingerprint density at radius 3 is 2.68 bits per heavy atom. The molecule has 1 aliphatic heterocycles. The highest BCUT2D eigenvalue weighted by atomic mass is 32.2. The average Bonchev–Trinajstić information content (AvgIpc) is 2.99. The number of para-hydroxylation sites is 1. The number of benzene rings is 2. The third kappa shape index (κ3) is 2.35. The molecule has 0 saturated heterocycles. The van der Waals surface area contributed by atoms with Crippen LogP contribution in [0.25, 0.3) is 11.4 Å². The summed E-state index contributed by atoms with van der Waals surface area (Å²) in [4.78, 5) is 2.24. The fourth-order valence-corrected chi connectivity index (χ4v) is 3.41. The molecule has 1 aliphatic rings. The van der Waals surface area contributed by atoms with E-state index in [1.54, 1.807) is 17.8 Å². The molecule has 0 amide bonds. The maximum atomic E-state index is 13.5. The predicted molar refractivity (Wildman–Crippen MR) is 85.1 cm³/mol. The standard InChI is InChI=1S/C16H13FN4S/c17-13-6-4-5-12(9-13)15-18-19-16-21(15)10-20(11-22-16)14-7-2-1-3-8-14/h1-9H,10-11H2. The van der Waals surface area contributed by atoms with Crippen LogP contribution in [0.4, 0.5) is 10.1 Å². The molecule has 0 radical (unpaired) electrons. The first-order chi connectivity index (χ1) is 10.8. The lowest BCUT2D eigenvalue weighted by Crippen LogP contribution is -2.30. The molecular formula is C16H13FN4S. The van der Waals surface area contributed by atoms with Crippen LogP contribution >= 0.6 is 11.8 Å². The molecule has 4 rings (SSSR count). The molecule has 0 bridgehead atoms. The molecule has 4 nitrogen and oxygen atoms in total. The molecule has 2 aromatic carbocycles. The van der Waals surface area contributed by atoms with Crippen molar-refractivity contribution in [1.82, 2.24) is 14.8 Å². The van der Waals surface area contributed by atoms with Gasteiger partial charge >= 0.3 is 0 Å². The zero-order valence-corrected chi connectivity index (χ0v) is 12.5. The van der Waals surface area contributed by atoms with Crippen molar-refractivity contribution in [1.29, 1.82) is 0 Å². The van der Waals surface area contributed by atoms with Crippen molar-refractivity contribution in [2.24, 2.45) is 0 Å². The van der Waals surface area contributed by atoms with E-state index in [1.807, 2.05) is 28.8 Å². The Balaban J connectivity index is 1.71. The van der Waals surface area contributed by atoms with E-state index in [9.17, 15) is 4.39 Å². The van der Waals surface area contributed by atoms with Crippen LogP contribution < -0.4 is 4.90 Å². The number of aromatic nitrogens is 3. The summed E-state index contributed by atoms with van der Waals surface area (Å²) in [5.74, 6) is 1.26. The van der Waals surface area contributed by atoms with Crippen molar-refractivity contribution in [3.63, 3.8) is 0 Å². The summed E-state index contributed by atoms with van der Waals surface area (Å²) in [6.45, 7) is 0.658. The number of rotatable bonds is 2. The van der Waals surface area contributed by atoms with Gasteiger partial charge in [-0.25, -0.2) is 4.39 Å². The zero-order valence-electron chi connectivity index (χ0n) is 11.7. The minimum Gasteiger partial charge on any atom is -0.344 e. The van der Waals surface area contributed by atoms with E-state index in [2.05, 4.69) is 27.2 Å². The minimum atomic E-state index is -0.266. The van der Waals surface area contributed by atoms with Crippen LogP contribution in [0.5, 0.6) is 0 Å². The van der Waals surface area contributed by atoms with Crippen molar-refractivity contribution in [3.8, 4) is 11.4 Å². The summed E-state index contributed by atoms with van der Waals surface area (Å²) in [6, 6.07) is 16.7. The summed E-state index contributed by atoms with van der Waals surface area (Å²) < 4.78 is 15.5. The topological polar surface area (TPSA) is 34.0 Å². The number of thioether (sulfide) groups is 1. The van der Waals surface area contributed by atoms with Crippen LogP contribution in [0, 0.1) is 5.82 Å². The van der Waals surface area contributed by atoms with Gasteiger partial charge in [-0.3, -0.25) is 4.57 Å². The second-order valence-electron chi connectivity index (χ2n) is 5.03. The minimum absolute atomic E-state index is 0.266. The Hall–Kier alpha value is -2.34. The second kappa shape index (κ2) is 5.46. The summed E-state index contributed by atoms with van der Waals surface area (Å²) in [5.41, 5.74) is 1.90. The average molecular weight is 312 g/mol. The maximum absolute atomic E-state index is 13.5. The molecule has 1 aromatic heterocycles. The van der Waals surface area contributed by atoms with Crippen LogP contribution in [0.2, 0.25) is 0 Å². The molecule has 0 spiro atoms. The van der Waals surface area contributed by atoms with Crippen molar-refractivity contribution < 1.29 is 4.39 Å². The number of nitrogens with zero attached hydrogens (tertiary/aromatic N) is 4. The van der Waals surface area contributed by atoms with Crippen molar-refractivity contribution in [2.45, 2.75) is 11.8 Å². The fraction of sp³-hybridized carbons (Fsp3) is 0.125. The smallest absolute Gasteiger partial charge is 0.194 e. The lowest BCUT2D eigenvalue weighted by molar-refractivity contribution is 0.606. The van der Waals surface area contributed by atoms with Gasteiger partial charge < -0.3 is 4.90 Å². The van der Waals surface area contributed by atoms with Crippen molar-refractivity contribution in [3.05, 3.63) is 60.4 Å². The van der Waals surface area contributed by atoms with E-state index in [4.69, 9.17) is 0 Å². The zero-order chi connectivity index (χ0) is 14.9. The first kappa shape index (κ1) is 13.3. The van der Waals surface area contributed by atoms with Gasteiger partial charge in [-0.1, -0.05) is 42.1 Å². The summed E-state index contributed by atoms with van der Waals surface area (Å²) in [5, 5.41) is 9.32. The van der Waals surface area contributed by atoms with Crippen molar-refractivity contribution >= 4 is 17.4 Å². The van der Waals surface area contributed by atoms with Crippen LogP contribution in [0.1, 0.15) is 0 Å². The van der Waals surface area contributed by atoms with E-state index in [-0.39, 0.29) is 5.82 Å². The number of halogens is 1. The van der Waals surface area contributed by atoms with E-state index in [1.165, 1.54) is 12.1 Å². The third-order valence-corrected chi connectivity index (χ3v) is 4.58. The Kier molecular flexibility index (Phi) is 3.31. The largest absolute Gasteiger partial charge is 0.344 e. The molecule has 0 aliphatic carbocycles. The SMILES string of the molecule is Fc1cccc(-c2nnc3n2CN(c2ccccc2)CS3)c1. The van der Waals surface area contributed by atoms with Gasteiger partial charge in [-0.2, -0.15) is 0 Å². The van der Waals surface area contributed by atoms with Gasteiger partial charge in [0.05, 0.1) is 12.5 Å². The Labute approximate surface area is 131 Å². The highest BCUT2D eigenvalue weighted by molar-refractivity contribution is 7.99. The third-order valence-electron chi connectivity index (χ3n) is 3.58. The summed E-state index contributed by atoms with van der Waals surface area (Å²) >= 11 is 1.63. The fourth-order valence-electron chi connectivity index (χ4n) is 2.51. The van der Waals surface area contributed by atoms with Gasteiger partial charge in [0.1, 0.15) is 5.82 Å². The normalized spacial score (nSPS) is 14.0. The Bertz CT molecular complexity index is 803. The molecule has 3 aromatic rings. The van der Waals surface area contributed by atoms with Gasteiger partial charge in [0, 0.05) is 11.3 Å². The second-order valence-corrected chi connectivity index (χ2v) is 5.95. The lowest BCUT2D eigenvalue weighted by atomic mass is 10.2. The molecule has 0 fully saturated rings. The van der Waals surface area contributed by atoms with E-state index in [0.717, 1.165) is 22.3 Å². The summed E-state index contributed by atoms with van der Waals surface area (Å²) in [7, 11) is 0. The number of hydrogen-bond donors (Lipinski definition) is 0. The number of anilines is 1. The van der Waals surface area contributed by atoms with Gasteiger partial charge in [-0.15, -0.1) is 10.2 Å². The highest BCUT2D eigenvalue weighted by Crippen LogP contribution is 2.31. The number of fused-ring (bicyclic) bond motifs is 1. The molecule has 0 unspecified atom stereocenters. The van der Waals surface area contributed by atoms with Crippen LogP contribution in [-0.4, -0.2) is 20.6 Å². The lowest BCUT2D eigenvalue weighted by Gasteiger charge is -2.29. The van der Waals surface area contributed by atoms with Crippen LogP contribution in [-0.2, 0) is 6.67 Å². The monoisotopic (exact) mass is 312 g/mol. The van der Waals surface area contributed by atoms with Gasteiger partial charge in [-0.05, 0) is 24.3 Å². The molecule has 2 heterocycles. The van der Waals surface area contributed by atoms with E-state index in [0.29, 0.717) is 12.5 Å². The first-order valence-corrected chi connectivity index (χ1v) is 7.92. The summed E-state index contributed by atoms with van der Waals surface area (Å²) in [6.07, 6.45) is 0. The van der Waals surface area contributed by atoms with E-state index < -0.39 is 0 Å². The number of hydrogen-bond acceptors (Lipinski definition) is 4. The van der Waals surface area contributed by atoms with Gasteiger partial charge in [0.15, 0.2) is 11.0 Å². The van der Waals surface area contributed by atoms with Crippen LogP contribution in [0.3, 0.4) is 0 Å². The first-order valence-electron chi connectivity index (χ1n) is 6.93. The van der Waals surface area contributed by atoms with Gasteiger partial charge in [0.2, 0.25) is 0 Å². The maximum Gasteiger partial charge on any atom is 0.194 e. The molecule has 6 heteroatoms. The molecule has 110 valence electrons. The predicted octanol–water partition coefficient (Wildman–Crippen LogP) is 3.61. The quantitative estimate of drug-likeness (QED) is 0.724. The molecule has 22 heavy (non-hydrogen) atoms. The molecule has 0 atom stereocenters. The molecule has 0 N–H and O–H groups in total. The molecule has 0 saturated carbocycles. The van der Waals surface area contributed by atoms with Crippen molar-refractivity contribution in [2.75, 3.05) is 10.8 Å². The van der Waals surface area contributed by atoms with E-state index >= 15 is 0 Å². The molecular weight excluding hydrogens is 299 g/mol.